The Morgan fingerprint density at radius 3 is 2.85 bits per heavy atom. The van der Waals surface area contributed by atoms with E-state index in [1.54, 1.807) is 0 Å². The Bertz CT molecular complexity index is 1210. The number of pyridine rings is 1. The number of aromatic nitrogens is 3. The van der Waals surface area contributed by atoms with Crippen molar-refractivity contribution in [2.45, 2.75) is 13.1 Å². The standard InChI is InChI=1S/C19H15ClN6/c1-10-5-4-6-11-9-12(16(20)23-15(10)11)17-24-18(21)25-19-22-13-7-2-3-8-14(13)26(17)19/h2-9,17H,1H3,(H3,21,22,24,25). The lowest BCUT2D eigenvalue weighted by molar-refractivity contribution is 0.625. The minimum absolute atomic E-state index is 0.304. The minimum Gasteiger partial charge on any atom is -0.370 e. The second kappa shape index (κ2) is 5.44. The number of aliphatic imine (C=N–C) groups is 1. The first kappa shape index (κ1) is 15.2. The molecule has 26 heavy (non-hydrogen) atoms. The van der Waals surface area contributed by atoms with E-state index in [1.807, 2.05) is 60.0 Å². The molecular weight excluding hydrogens is 348 g/mol. The molecule has 2 aromatic heterocycles. The SMILES string of the molecule is Cc1cccc2cc(C3N=C(N)Nc4nc5ccccc5n43)c(Cl)nc12. The minimum atomic E-state index is -0.427. The van der Waals surface area contributed by atoms with Crippen LogP contribution < -0.4 is 11.1 Å². The number of nitrogens with zero attached hydrogens (tertiary/aromatic N) is 4. The molecule has 5 rings (SSSR count). The van der Waals surface area contributed by atoms with Gasteiger partial charge in [-0.2, -0.15) is 0 Å². The Labute approximate surface area is 154 Å². The summed E-state index contributed by atoms with van der Waals surface area (Å²) in [5.41, 5.74) is 10.6. The molecule has 0 saturated heterocycles. The monoisotopic (exact) mass is 362 g/mol. The third kappa shape index (κ3) is 2.16. The fourth-order valence-corrected chi connectivity index (χ4v) is 3.68. The highest BCUT2D eigenvalue weighted by atomic mass is 35.5. The quantitative estimate of drug-likeness (QED) is 0.504. The van der Waals surface area contributed by atoms with Gasteiger partial charge in [-0.15, -0.1) is 0 Å². The third-order valence-electron chi connectivity index (χ3n) is 4.65. The van der Waals surface area contributed by atoms with E-state index in [9.17, 15) is 0 Å². The second-order valence-corrected chi connectivity index (χ2v) is 6.68. The number of guanidine groups is 1. The summed E-state index contributed by atoms with van der Waals surface area (Å²) in [5, 5.41) is 4.46. The van der Waals surface area contributed by atoms with Gasteiger partial charge in [-0.05, 0) is 30.7 Å². The molecular formula is C19H15ClN6. The maximum atomic E-state index is 6.57. The van der Waals surface area contributed by atoms with E-state index in [1.165, 1.54) is 0 Å². The van der Waals surface area contributed by atoms with Crippen LogP contribution in [-0.2, 0) is 0 Å². The molecule has 4 aromatic rings. The molecule has 6 nitrogen and oxygen atoms in total. The molecule has 0 aliphatic carbocycles. The highest BCUT2D eigenvalue weighted by molar-refractivity contribution is 6.30. The summed E-state index contributed by atoms with van der Waals surface area (Å²) in [4.78, 5) is 13.8. The Kier molecular flexibility index (Phi) is 3.17. The zero-order valence-electron chi connectivity index (χ0n) is 13.9. The van der Waals surface area contributed by atoms with E-state index in [0.29, 0.717) is 17.1 Å². The normalized spacial score (nSPS) is 16.4. The smallest absolute Gasteiger partial charge is 0.212 e. The lowest BCUT2D eigenvalue weighted by atomic mass is 10.1. The van der Waals surface area contributed by atoms with E-state index in [2.05, 4.69) is 20.3 Å². The number of anilines is 1. The van der Waals surface area contributed by atoms with Crippen molar-refractivity contribution in [3.05, 3.63) is 64.8 Å². The first-order valence-corrected chi connectivity index (χ1v) is 8.62. The van der Waals surface area contributed by atoms with Crippen LogP contribution >= 0.6 is 11.6 Å². The van der Waals surface area contributed by atoms with Crippen molar-refractivity contribution in [1.82, 2.24) is 14.5 Å². The van der Waals surface area contributed by atoms with Crippen molar-refractivity contribution < 1.29 is 0 Å². The van der Waals surface area contributed by atoms with Crippen LogP contribution in [0.2, 0.25) is 5.15 Å². The van der Waals surface area contributed by atoms with Gasteiger partial charge in [0.25, 0.3) is 0 Å². The van der Waals surface area contributed by atoms with Crippen molar-refractivity contribution in [3.63, 3.8) is 0 Å². The van der Waals surface area contributed by atoms with E-state index < -0.39 is 6.17 Å². The zero-order chi connectivity index (χ0) is 17.8. The molecule has 1 aliphatic rings. The molecule has 7 heteroatoms. The number of fused-ring (bicyclic) bond motifs is 4. The number of hydrogen-bond acceptors (Lipinski definition) is 5. The van der Waals surface area contributed by atoms with Crippen molar-refractivity contribution in [2.75, 3.05) is 5.32 Å². The van der Waals surface area contributed by atoms with Crippen LogP contribution in [0.25, 0.3) is 21.9 Å². The van der Waals surface area contributed by atoms with Gasteiger partial charge >= 0.3 is 0 Å². The number of nitrogens with two attached hydrogens (primary N) is 1. The number of benzene rings is 2. The number of nitrogens with one attached hydrogen (secondary N) is 1. The first-order valence-electron chi connectivity index (χ1n) is 8.25. The van der Waals surface area contributed by atoms with Gasteiger partial charge in [-0.25, -0.2) is 15.0 Å². The average Bonchev–Trinajstić information content (AvgIpc) is 2.99. The van der Waals surface area contributed by atoms with E-state index in [0.717, 1.165) is 33.1 Å². The Morgan fingerprint density at radius 1 is 1.12 bits per heavy atom. The number of rotatable bonds is 1. The van der Waals surface area contributed by atoms with Crippen LogP contribution in [0.4, 0.5) is 5.95 Å². The predicted octanol–water partition coefficient (Wildman–Crippen LogP) is 3.83. The van der Waals surface area contributed by atoms with Gasteiger partial charge < -0.3 is 5.73 Å². The van der Waals surface area contributed by atoms with Gasteiger partial charge in [-0.3, -0.25) is 9.88 Å². The van der Waals surface area contributed by atoms with E-state index >= 15 is 0 Å². The van der Waals surface area contributed by atoms with Crippen molar-refractivity contribution in [2.24, 2.45) is 10.7 Å². The maximum Gasteiger partial charge on any atom is 0.212 e. The van der Waals surface area contributed by atoms with Crippen LogP contribution in [0.1, 0.15) is 17.3 Å². The Balaban J connectivity index is 1.79. The van der Waals surface area contributed by atoms with Crippen LogP contribution in [0, 0.1) is 6.92 Å². The number of aryl methyl sites for hydroxylation is 1. The molecule has 0 amide bonds. The highest BCUT2D eigenvalue weighted by Gasteiger charge is 2.27. The molecule has 2 aromatic carbocycles. The summed E-state index contributed by atoms with van der Waals surface area (Å²) < 4.78 is 2.00. The van der Waals surface area contributed by atoms with Crippen LogP contribution in [-0.4, -0.2) is 20.5 Å². The van der Waals surface area contributed by atoms with Gasteiger partial charge in [0.2, 0.25) is 5.95 Å². The number of halogens is 1. The fraction of sp³-hybridized carbons (Fsp3) is 0.105. The summed E-state index contributed by atoms with van der Waals surface area (Å²) in [6.45, 7) is 2.02. The van der Waals surface area contributed by atoms with Gasteiger partial charge in [0.1, 0.15) is 5.15 Å². The van der Waals surface area contributed by atoms with E-state index in [-0.39, 0.29) is 0 Å². The third-order valence-corrected chi connectivity index (χ3v) is 4.95. The predicted molar refractivity (Wildman–Crippen MR) is 105 cm³/mol. The average molecular weight is 363 g/mol. The summed E-state index contributed by atoms with van der Waals surface area (Å²) >= 11 is 6.57. The lowest BCUT2D eigenvalue weighted by Gasteiger charge is -2.24. The summed E-state index contributed by atoms with van der Waals surface area (Å²) in [5.74, 6) is 0.947. The van der Waals surface area contributed by atoms with E-state index in [4.69, 9.17) is 17.3 Å². The van der Waals surface area contributed by atoms with Crippen molar-refractivity contribution in [1.29, 1.82) is 0 Å². The molecule has 0 fully saturated rings. The van der Waals surface area contributed by atoms with Gasteiger partial charge in [0.15, 0.2) is 12.1 Å². The summed E-state index contributed by atoms with van der Waals surface area (Å²) in [6, 6.07) is 16.0. The van der Waals surface area contributed by atoms with Crippen LogP contribution in [0.3, 0.4) is 0 Å². The Morgan fingerprint density at radius 2 is 1.96 bits per heavy atom. The molecule has 1 aliphatic heterocycles. The van der Waals surface area contributed by atoms with Gasteiger partial charge in [0.05, 0.1) is 16.6 Å². The van der Waals surface area contributed by atoms with Gasteiger partial charge in [0, 0.05) is 10.9 Å². The zero-order valence-corrected chi connectivity index (χ0v) is 14.7. The van der Waals surface area contributed by atoms with Gasteiger partial charge in [-0.1, -0.05) is 41.9 Å². The summed E-state index contributed by atoms with van der Waals surface area (Å²) in [6.07, 6.45) is -0.427. The molecule has 1 atom stereocenters. The maximum absolute atomic E-state index is 6.57. The molecule has 3 N–H and O–H groups in total. The van der Waals surface area contributed by atoms with Crippen molar-refractivity contribution in [3.8, 4) is 0 Å². The second-order valence-electron chi connectivity index (χ2n) is 6.32. The lowest BCUT2D eigenvalue weighted by Crippen LogP contribution is -2.31. The van der Waals surface area contributed by atoms with Crippen LogP contribution in [0.5, 0.6) is 0 Å². The molecule has 0 radical (unpaired) electrons. The molecule has 0 spiro atoms. The molecule has 128 valence electrons. The number of hydrogen-bond donors (Lipinski definition) is 2. The fourth-order valence-electron chi connectivity index (χ4n) is 3.45. The highest BCUT2D eigenvalue weighted by Crippen LogP contribution is 2.36. The Hall–Kier alpha value is -3.12. The first-order chi connectivity index (χ1) is 12.6. The molecule has 1 unspecified atom stereocenters. The largest absolute Gasteiger partial charge is 0.370 e. The number of imidazole rings is 1. The molecule has 0 bridgehead atoms. The molecule has 0 saturated carbocycles. The topological polar surface area (TPSA) is 81.1 Å². The van der Waals surface area contributed by atoms with Crippen molar-refractivity contribution >= 4 is 45.4 Å². The number of para-hydroxylation sites is 3. The molecule has 3 heterocycles. The summed E-state index contributed by atoms with van der Waals surface area (Å²) in [7, 11) is 0. The van der Waals surface area contributed by atoms with Crippen LogP contribution in [0.15, 0.2) is 53.5 Å².